The van der Waals surface area contributed by atoms with Crippen LogP contribution in [0.15, 0.2) is 18.2 Å². The molecule has 6 heteroatoms. The number of piperidine rings is 1. The van der Waals surface area contributed by atoms with Gasteiger partial charge >= 0.3 is 0 Å². The van der Waals surface area contributed by atoms with Gasteiger partial charge in [-0.25, -0.2) is 0 Å². The van der Waals surface area contributed by atoms with E-state index in [9.17, 15) is 14.9 Å². The average Bonchev–Trinajstić information content (AvgIpc) is 2.38. The summed E-state index contributed by atoms with van der Waals surface area (Å²) in [6.45, 7) is 2.84. The van der Waals surface area contributed by atoms with Crippen LogP contribution in [0.3, 0.4) is 0 Å². The molecule has 0 unspecified atom stereocenters. The third kappa shape index (κ3) is 2.73. The van der Waals surface area contributed by atoms with Crippen molar-refractivity contribution in [2.24, 2.45) is 5.73 Å². The van der Waals surface area contributed by atoms with Gasteiger partial charge in [0.05, 0.1) is 4.92 Å². The van der Waals surface area contributed by atoms with Crippen LogP contribution in [0.1, 0.15) is 28.8 Å². The van der Waals surface area contributed by atoms with Crippen molar-refractivity contribution in [2.75, 3.05) is 13.1 Å². The lowest BCUT2D eigenvalue weighted by atomic mass is 10.0. The molecule has 102 valence electrons. The lowest BCUT2D eigenvalue weighted by Crippen LogP contribution is -2.43. The number of nitro benzene ring substituents is 1. The number of rotatable bonds is 2. The van der Waals surface area contributed by atoms with Crippen LogP contribution in [0.4, 0.5) is 5.69 Å². The Balaban J connectivity index is 2.31. The number of hydrogen-bond acceptors (Lipinski definition) is 4. The summed E-state index contributed by atoms with van der Waals surface area (Å²) in [4.78, 5) is 24.6. The summed E-state index contributed by atoms with van der Waals surface area (Å²) in [7, 11) is 0. The highest BCUT2D eigenvalue weighted by Gasteiger charge is 2.28. The molecule has 0 atom stereocenters. The van der Waals surface area contributed by atoms with Gasteiger partial charge in [-0.2, -0.15) is 0 Å². The van der Waals surface area contributed by atoms with Crippen LogP contribution in [0, 0.1) is 17.0 Å². The number of carbonyl (C=O) groups excluding carboxylic acids is 1. The Morgan fingerprint density at radius 1 is 1.42 bits per heavy atom. The van der Waals surface area contributed by atoms with Crippen molar-refractivity contribution in [2.45, 2.75) is 25.8 Å². The highest BCUT2D eigenvalue weighted by Crippen LogP contribution is 2.24. The number of aryl methyl sites for hydroxylation is 1. The number of carbonyl (C=O) groups is 1. The average molecular weight is 263 g/mol. The molecule has 0 radical (unpaired) electrons. The standard InChI is InChI=1S/C13H17N3O3/c1-9-3-2-4-11(16(18)19)12(9)13(17)15-7-5-10(14)6-8-15/h2-4,10H,5-8,14H2,1H3. The Bertz CT molecular complexity index is 508. The van der Waals surface area contributed by atoms with Gasteiger partial charge in [-0.05, 0) is 25.3 Å². The monoisotopic (exact) mass is 263 g/mol. The van der Waals surface area contributed by atoms with E-state index in [-0.39, 0.29) is 23.2 Å². The second-order valence-electron chi connectivity index (χ2n) is 4.86. The van der Waals surface area contributed by atoms with E-state index in [0.29, 0.717) is 18.7 Å². The minimum atomic E-state index is -0.504. The maximum Gasteiger partial charge on any atom is 0.282 e. The third-order valence-corrected chi connectivity index (χ3v) is 3.49. The topological polar surface area (TPSA) is 89.5 Å². The number of nitrogens with two attached hydrogens (primary N) is 1. The predicted molar refractivity (Wildman–Crippen MR) is 70.9 cm³/mol. The number of amides is 1. The summed E-state index contributed by atoms with van der Waals surface area (Å²) in [6.07, 6.45) is 1.48. The molecule has 19 heavy (non-hydrogen) atoms. The Hall–Kier alpha value is -1.95. The van der Waals surface area contributed by atoms with E-state index in [0.717, 1.165) is 12.8 Å². The molecule has 1 heterocycles. The fourth-order valence-corrected chi connectivity index (χ4v) is 2.34. The maximum atomic E-state index is 12.4. The lowest BCUT2D eigenvalue weighted by Gasteiger charge is -2.30. The molecule has 1 aliphatic heterocycles. The fraction of sp³-hybridized carbons (Fsp3) is 0.462. The normalized spacial score (nSPS) is 16.4. The van der Waals surface area contributed by atoms with Gasteiger partial charge < -0.3 is 10.6 Å². The quantitative estimate of drug-likeness (QED) is 0.646. The predicted octanol–water partition coefficient (Wildman–Crippen LogP) is 1.47. The zero-order valence-corrected chi connectivity index (χ0v) is 10.8. The van der Waals surface area contributed by atoms with E-state index >= 15 is 0 Å². The molecule has 1 amide bonds. The summed E-state index contributed by atoms with van der Waals surface area (Å²) in [5.41, 5.74) is 6.50. The van der Waals surface area contributed by atoms with Crippen molar-refractivity contribution in [3.63, 3.8) is 0 Å². The molecule has 0 saturated carbocycles. The van der Waals surface area contributed by atoms with Gasteiger partial charge in [-0.1, -0.05) is 12.1 Å². The molecule has 1 aromatic carbocycles. The van der Waals surface area contributed by atoms with Crippen LogP contribution in [-0.2, 0) is 0 Å². The van der Waals surface area contributed by atoms with E-state index in [1.807, 2.05) is 0 Å². The molecular formula is C13H17N3O3. The second-order valence-corrected chi connectivity index (χ2v) is 4.86. The molecule has 2 N–H and O–H groups in total. The van der Waals surface area contributed by atoms with E-state index in [4.69, 9.17) is 5.73 Å². The van der Waals surface area contributed by atoms with Crippen molar-refractivity contribution in [1.82, 2.24) is 4.90 Å². The van der Waals surface area contributed by atoms with E-state index in [2.05, 4.69) is 0 Å². The van der Waals surface area contributed by atoms with Crippen LogP contribution in [0.2, 0.25) is 0 Å². The number of likely N-dealkylation sites (tertiary alicyclic amines) is 1. The van der Waals surface area contributed by atoms with Crippen LogP contribution in [0.25, 0.3) is 0 Å². The smallest absolute Gasteiger partial charge is 0.282 e. The third-order valence-electron chi connectivity index (χ3n) is 3.49. The first-order valence-corrected chi connectivity index (χ1v) is 6.29. The van der Waals surface area contributed by atoms with Crippen molar-refractivity contribution < 1.29 is 9.72 Å². The van der Waals surface area contributed by atoms with Crippen LogP contribution >= 0.6 is 0 Å². The summed E-state index contributed by atoms with van der Waals surface area (Å²) < 4.78 is 0. The molecule has 1 aromatic rings. The molecule has 1 aliphatic rings. The van der Waals surface area contributed by atoms with Gasteiger partial charge in [0.15, 0.2) is 0 Å². The maximum absolute atomic E-state index is 12.4. The Morgan fingerprint density at radius 2 is 2.05 bits per heavy atom. The van der Waals surface area contributed by atoms with Crippen LogP contribution < -0.4 is 5.73 Å². The van der Waals surface area contributed by atoms with Gasteiger partial charge in [0.1, 0.15) is 5.56 Å². The Labute approximate surface area is 111 Å². The molecule has 0 bridgehead atoms. The number of benzene rings is 1. The van der Waals surface area contributed by atoms with Gasteiger partial charge in [0.25, 0.3) is 11.6 Å². The van der Waals surface area contributed by atoms with Crippen LogP contribution in [-0.4, -0.2) is 34.9 Å². The molecule has 0 spiro atoms. The fourth-order valence-electron chi connectivity index (χ4n) is 2.34. The minimum Gasteiger partial charge on any atom is -0.338 e. The number of hydrogen-bond donors (Lipinski definition) is 1. The summed E-state index contributed by atoms with van der Waals surface area (Å²) in [6, 6.07) is 4.80. The van der Waals surface area contributed by atoms with E-state index < -0.39 is 4.92 Å². The first-order valence-electron chi connectivity index (χ1n) is 6.29. The highest BCUT2D eigenvalue weighted by atomic mass is 16.6. The zero-order valence-electron chi connectivity index (χ0n) is 10.8. The lowest BCUT2D eigenvalue weighted by molar-refractivity contribution is -0.385. The van der Waals surface area contributed by atoms with Gasteiger partial charge in [-0.3, -0.25) is 14.9 Å². The van der Waals surface area contributed by atoms with Gasteiger partial charge in [-0.15, -0.1) is 0 Å². The first kappa shape index (κ1) is 13.5. The zero-order chi connectivity index (χ0) is 14.0. The number of nitro groups is 1. The molecule has 0 aliphatic carbocycles. The molecule has 1 saturated heterocycles. The Morgan fingerprint density at radius 3 is 2.63 bits per heavy atom. The summed E-state index contributed by atoms with van der Waals surface area (Å²) in [5, 5.41) is 11.0. The SMILES string of the molecule is Cc1cccc([N+](=O)[O-])c1C(=O)N1CCC(N)CC1. The van der Waals surface area contributed by atoms with Gasteiger partial charge in [0.2, 0.25) is 0 Å². The number of nitrogens with zero attached hydrogens (tertiary/aromatic N) is 2. The molecule has 6 nitrogen and oxygen atoms in total. The molecule has 2 rings (SSSR count). The van der Waals surface area contributed by atoms with E-state index in [1.165, 1.54) is 6.07 Å². The van der Waals surface area contributed by atoms with E-state index in [1.54, 1.807) is 24.0 Å². The summed E-state index contributed by atoms with van der Waals surface area (Å²) >= 11 is 0. The van der Waals surface area contributed by atoms with Crippen molar-refractivity contribution >= 4 is 11.6 Å². The van der Waals surface area contributed by atoms with Crippen molar-refractivity contribution in [3.8, 4) is 0 Å². The minimum absolute atomic E-state index is 0.121. The Kier molecular flexibility index (Phi) is 3.80. The first-order chi connectivity index (χ1) is 9.00. The molecule has 1 fully saturated rings. The van der Waals surface area contributed by atoms with Gasteiger partial charge in [0, 0.05) is 25.2 Å². The molecule has 0 aromatic heterocycles. The van der Waals surface area contributed by atoms with Crippen LogP contribution in [0.5, 0.6) is 0 Å². The molecular weight excluding hydrogens is 246 g/mol. The largest absolute Gasteiger partial charge is 0.338 e. The second kappa shape index (κ2) is 5.36. The van der Waals surface area contributed by atoms with Crippen molar-refractivity contribution in [3.05, 3.63) is 39.4 Å². The van der Waals surface area contributed by atoms with Crippen molar-refractivity contribution in [1.29, 1.82) is 0 Å². The highest BCUT2D eigenvalue weighted by molar-refractivity contribution is 5.99. The summed E-state index contributed by atoms with van der Waals surface area (Å²) in [5.74, 6) is -0.267.